The zero-order valence-corrected chi connectivity index (χ0v) is 11.7. The number of hydrogen-bond acceptors (Lipinski definition) is 3. The molecule has 0 spiro atoms. The van der Waals surface area contributed by atoms with Gasteiger partial charge in [-0.2, -0.15) is 0 Å². The maximum absolute atomic E-state index is 11.6. The van der Waals surface area contributed by atoms with Crippen LogP contribution in [0.25, 0.3) is 0 Å². The predicted octanol–water partition coefficient (Wildman–Crippen LogP) is 1.69. The van der Waals surface area contributed by atoms with Crippen molar-refractivity contribution in [1.29, 1.82) is 0 Å². The van der Waals surface area contributed by atoms with Crippen LogP contribution in [0.15, 0.2) is 59.9 Å². The lowest BCUT2D eigenvalue weighted by Gasteiger charge is -2.00. The third-order valence-corrected chi connectivity index (χ3v) is 2.92. The van der Waals surface area contributed by atoms with Crippen LogP contribution in [-0.4, -0.2) is 11.8 Å². The van der Waals surface area contributed by atoms with E-state index in [0.29, 0.717) is 12.1 Å². The van der Waals surface area contributed by atoms with E-state index >= 15 is 0 Å². The summed E-state index contributed by atoms with van der Waals surface area (Å²) in [6.45, 7) is 0. The number of benzene rings is 1. The first kappa shape index (κ1) is 14.7. The fourth-order valence-corrected chi connectivity index (χ4v) is 1.83. The van der Waals surface area contributed by atoms with E-state index in [4.69, 9.17) is 10.6 Å². The molecule has 0 amide bonds. The van der Waals surface area contributed by atoms with E-state index in [1.54, 1.807) is 12.3 Å². The summed E-state index contributed by atoms with van der Waals surface area (Å²) >= 11 is 0. The van der Waals surface area contributed by atoms with Gasteiger partial charge in [-0.25, -0.2) is 9.78 Å². The van der Waals surface area contributed by atoms with Gasteiger partial charge in [0.2, 0.25) is 11.5 Å². The lowest BCUT2D eigenvalue weighted by molar-refractivity contribution is -0.380. The topological polar surface area (TPSA) is 78.8 Å². The molecule has 1 aromatic heterocycles. The number of carbonyl (C=O) groups excluding carboxylic acids is 1. The van der Waals surface area contributed by atoms with Gasteiger partial charge in [0.25, 0.3) is 0 Å². The van der Waals surface area contributed by atoms with E-state index < -0.39 is 0 Å². The molecule has 1 aromatic carbocycles. The van der Waals surface area contributed by atoms with Gasteiger partial charge in [0, 0.05) is 18.6 Å². The molecule has 21 heavy (non-hydrogen) atoms. The smallest absolute Gasteiger partial charge is 0.335 e. The van der Waals surface area contributed by atoms with Gasteiger partial charge in [-0.3, -0.25) is 0 Å². The van der Waals surface area contributed by atoms with Crippen molar-refractivity contribution in [3.8, 4) is 0 Å². The Balaban J connectivity index is 1.75. The molecule has 0 saturated heterocycles. The highest BCUT2D eigenvalue weighted by molar-refractivity contribution is 5.94. The Labute approximate surface area is 123 Å². The molecule has 0 aliphatic carbocycles. The van der Waals surface area contributed by atoms with E-state index in [2.05, 4.69) is 10.1 Å². The maximum atomic E-state index is 11.6. The van der Waals surface area contributed by atoms with E-state index in [0.717, 1.165) is 12.8 Å². The molecule has 0 aliphatic rings. The molecule has 0 unspecified atom stereocenters. The Morgan fingerprint density at radius 3 is 2.62 bits per heavy atom. The lowest BCUT2D eigenvalue weighted by Crippen LogP contribution is -2.24. The molecule has 0 aliphatic heterocycles. The van der Waals surface area contributed by atoms with Crippen molar-refractivity contribution in [2.75, 3.05) is 0 Å². The van der Waals surface area contributed by atoms with Crippen LogP contribution in [-0.2, 0) is 16.1 Å². The Morgan fingerprint density at radius 2 is 1.90 bits per heavy atom. The summed E-state index contributed by atoms with van der Waals surface area (Å²) in [5, 5.41) is 3.63. The van der Waals surface area contributed by atoms with E-state index in [-0.39, 0.29) is 11.8 Å². The number of hydrogen-bond donors (Lipinski definition) is 1. The number of pyridine rings is 1. The van der Waals surface area contributed by atoms with Crippen molar-refractivity contribution in [3.63, 3.8) is 0 Å². The molecule has 0 saturated carbocycles. The van der Waals surface area contributed by atoms with Gasteiger partial charge < -0.3 is 10.6 Å². The number of nitrogens with zero attached hydrogens (tertiary/aromatic N) is 1. The molecule has 1 heterocycles. The summed E-state index contributed by atoms with van der Waals surface area (Å²) in [6, 6.07) is 15.4. The number of aryl methyl sites for hydroxylation is 1. The summed E-state index contributed by atoms with van der Waals surface area (Å²) in [5.41, 5.74) is 7.51. The number of oxime groups is 1. The van der Waals surface area contributed by atoms with Crippen molar-refractivity contribution in [2.45, 2.75) is 19.3 Å². The molecule has 0 bridgehead atoms. The molecular formula is C16H18N3O2+. The monoisotopic (exact) mass is 284 g/mol. The maximum Gasteiger partial charge on any atom is 0.335 e. The van der Waals surface area contributed by atoms with E-state index in [9.17, 15) is 4.79 Å². The molecule has 5 heteroatoms. The van der Waals surface area contributed by atoms with Crippen LogP contribution >= 0.6 is 0 Å². The third-order valence-electron chi connectivity index (χ3n) is 2.92. The minimum absolute atomic E-state index is 0.145. The lowest BCUT2D eigenvalue weighted by atomic mass is 10.1. The van der Waals surface area contributed by atoms with Gasteiger partial charge in [0.05, 0.1) is 0 Å². The number of nitrogens with two attached hydrogens (primary N) is 1. The van der Waals surface area contributed by atoms with Crippen LogP contribution in [0.4, 0.5) is 0 Å². The minimum atomic E-state index is -0.384. The van der Waals surface area contributed by atoms with Crippen LogP contribution < -0.4 is 10.7 Å². The van der Waals surface area contributed by atoms with Crippen LogP contribution in [0, 0.1) is 0 Å². The van der Waals surface area contributed by atoms with Crippen molar-refractivity contribution >= 4 is 11.8 Å². The number of carbonyl (C=O) groups is 1. The molecule has 0 atom stereocenters. The van der Waals surface area contributed by atoms with Crippen LogP contribution in [0.1, 0.15) is 24.1 Å². The van der Waals surface area contributed by atoms with Crippen LogP contribution in [0.3, 0.4) is 0 Å². The summed E-state index contributed by atoms with van der Waals surface area (Å²) in [7, 11) is 0. The average molecular weight is 284 g/mol. The van der Waals surface area contributed by atoms with Crippen molar-refractivity contribution in [2.24, 2.45) is 10.9 Å². The first-order valence-electron chi connectivity index (χ1n) is 6.80. The van der Waals surface area contributed by atoms with Crippen molar-refractivity contribution in [3.05, 3.63) is 66.0 Å². The van der Waals surface area contributed by atoms with Gasteiger partial charge in [0.1, 0.15) is 0 Å². The van der Waals surface area contributed by atoms with Crippen LogP contribution in [0.5, 0.6) is 0 Å². The minimum Gasteiger partial charge on any atom is -0.375 e. The number of H-pyrrole nitrogens is 1. The van der Waals surface area contributed by atoms with Crippen molar-refractivity contribution < 1.29 is 14.6 Å². The summed E-state index contributed by atoms with van der Waals surface area (Å²) in [4.78, 5) is 19.3. The Morgan fingerprint density at radius 1 is 1.14 bits per heavy atom. The van der Waals surface area contributed by atoms with Gasteiger partial charge in [-0.15, -0.1) is 0 Å². The fourth-order valence-electron chi connectivity index (χ4n) is 1.83. The number of amidine groups is 1. The fraction of sp³-hybridized carbons (Fsp3) is 0.188. The van der Waals surface area contributed by atoms with E-state index in [1.807, 2.05) is 42.5 Å². The van der Waals surface area contributed by atoms with Gasteiger partial charge in [-0.05, 0) is 24.5 Å². The standard InChI is InChI=1S/C16H17N3O2/c17-16(14-10-4-5-12-18-14)19-21-15(20)11-6-9-13-7-2-1-3-8-13/h1-5,7-8,10,12H,6,9,11H2,(H2,17,19)/p+1. The Bertz CT molecular complexity index is 597. The molecule has 0 fully saturated rings. The SMILES string of the molecule is NC(=NOC(=O)CCCc1ccccc1)c1cccc[nH+]1. The Kier molecular flexibility index (Phi) is 5.46. The predicted molar refractivity (Wildman–Crippen MR) is 79.2 cm³/mol. The second kappa shape index (κ2) is 7.79. The highest BCUT2D eigenvalue weighted by Crippen LogP contribution is 2.05. The third kappa shape index (κ3) is 5.06. The second-order valence-corrected chi connectivity index (χ2v) is 4.56. The summed E-state index contributed by atoms with van der Waals surface area (Å²) < 4.78 is 0. The number of aromatic nitrogens is 1. The molecule has 2 aromatic rings. The molecule has 5 nitrogen and oxygen atoms in total. The first-order valence-corrected chi connectivity index (χ1v) is 6.80. The van der Waals surface area contributed by atoms with Crippen LogP contribution in [0.2, 0.25) is 0 Å². The normalized spacial score (nSPS) is 11.1. The average Bonchev–Trinajstić information content (AvgIpc) is 2.54. The number of rotatable bonds is 6. The molecular weight excluding hydrogens is 266 g/mol. The van der Waals surface area contributed by atoms with Gasteiger partial charge >= 0.3 is 5.97 Å². The second-order valence-electron chi connectivity index (χ2n) is 4.56. The molecule has 0 radical (unpaired) electrons. The summed E-state index contributed by atoms with van der Waals surface area (Å²) in [6.07, 6.45) is 3.58. The molecule has 2 rings (SSSR count). The van der Waals surface area contributed by atoms with E-state index in [1.165, 1.54) is 5.56 Å². The van der Waals surface area contributed by atoms with Gasteiger partial charge in [0.15, 0.2) is 6.20 Å². The molecule has 3 N–H and O–H groups in total. The largest absolute Gasteiger partial charge is 0.375 e. The highest BCUT2D eigenvalue weighted by Gasteiger charge is 2.08. The highest BCUT2D eigenvalue weighted by atomic mass is 16.7. The molecule has 108 valence electrons. The number of nitrogens with one attached hydrogen (secondary N) is 1. The van der Waals surface area contributed by atoms with Crippen molar-refractivity contribution in [1.82, 2.24) is 0 Å². The zero-order chi connectivity index (χ0) is 14.9. The Hall–Kier alpha value is -2.69. The summed E-state index contributed by atoms with van der Waals surface area (Å²) in [5.74, 6) is -0.239. The van der Waals surface area contributed by atoms with Gasteiger partial charge in [-0.1, -0.05) is 35.5 Å². The number of aromatic amines is 1. The first-order chi connectivity index (χ1) is 10.3. The zero-order valence-electron chi connectivity index (χ0n) is 11.7. The quantitative estimate of drug-likeness (QED) is 0.379.